The van der Waals surface area contributed by atoms with Crippen LogP contribution >= 0.6 is 11.3 Å². The molecule has 0 spiro atoms. The molecule has 3 fully saturated rings. The molecule has 6 aromatic rings. The summed E-state index contributed by atoms with van der Waals surface area (Å²) in [5.74, 6) is 3.84. The number of hydrogen-bond donors (Lipinski definition) is 0. The van der Waals surface area contributed by atoms with Crippen molar-refractivity contribution in [2.24, 2.45) is 23.7 Å². The molecule has 0 N–H and O–H groups in total. The zero-order valence-corrected chi connectivity index (χ0v) is 40.1. The van der Waals surface area contributed by atoms with Gasteiger partial charge >= 0.3 is 0 Å². The standard InChI is InChI=1S/C59H65BN2S/c1-55(2)22-23-56(3,4)44-30-40(19-20-43(44)55)61-48-16-13-17-49-52(48)60(47-31-45-46(32-50(47)61)58(7,8)25-24-57(45,5)6)54-53(62(49)39-14-11-10-12-15-39)42-29-38(18-21-51(42)63-54)59(9)33-35-26-36-28-37(34-59)41(36)27-35/h10-21,29-32,35-37,41H,22-28,33-34H2,1-9H3/t35?,36?,37?,41-,59?/m1/s1. The Morgan fingerprint density at radius 2 is 1.21 bits per heavy atom. The van der Waals surface area contributed by atoms with Crippen molar-refractivity contribution in [3.05, 3.63) is 125 Å². The molecule has 0 amide bonds. The van der Waals surface area contributed by atoms with Gasteiger partial charge in [-0.1, -0.05) is 105 Å². The first kappa shape index (κ1) is 39.1. The molecule has 3 saturated carbocycles. The maximum atomic E-state index is 2.72. The molecule has 320 valence electrons. The second kappa shape index (κ2) is 12.7. The zero-order valence-electron chi connectivity index (χ0n) is 39.3. The van der Waals surface area contributed by atoms with Crippen molar-refractivity contribution >= 4 is 78.0 Å². The normalized spacial score (nSPS) is 28.3. The summed E-state index contributed by atoms with van der Waals surface area (Å²) in [6.45, 7) is 22.7. The first-order valence-electron chi connectivity index (χ1n) is 24.7. The van der Waals surface area contributed by atoms with Gasteiger partial charge in [0.2, 0.25) is 0 Å². The third-order valence-electron chi connectivity index (χ3n) is 18.9. The molecule has 63 heavy (non-hydrogen) atoms. The molecule has 4 unspecified atom stereocenters. The van der Waals surface area contributed by atoms with Crippen molar-refractivity contribution in [3.8, 4) is 0 Å². The van der Waals surface area contributed by atoms with E-state index >= 15 is 0 Å². The lowest BCUT2D eigenvalue weighted by atomic mass is 9.35. The Balaban J connectivity index is 1.08. The van der Waals surface area contributed by atoms with Crippen LogP contribution in [0.4, 0.5) is 34.1 Å². The smallest absolute Gasteiger partial charge is 0.264 e. The molecule has 2 aliphatic heterocycles. The van der Waals surface area contributed by atoms with Gasteiger partial charge in [-0.3, -0.25) is 0 Å². The molecule has 5 atom stereocenters. The first-order valence-corrected chi connectivity index (χ1v) is 25.5. The van der Waals surface area contributed by atoms with Gasteiger partial charge in [-0.15, -0.1) is 11.3 Å². The molecular weight excluding hydrogens is 780 g/mol. The predicted octanol–water partition coefficient (Wildman–Crippen LogP) is 14.4. The number of thiophene rings is 1. The van der Waals surface area contributed by atoms with Gasteiger partial charge in [-0.2, -0.15) is 0 Å². The number of fused-ring (bicyclic) bond motifs is 9. The number of hydrogen-bond acceptors (Lipinski definition) is 3. The summed E-state index contributed by atoms with van der Waals surface area (Å²) in [4.78, 5) is 5.38. The van der Waals surface area contributed by atoms with E-state index in [-0.39, 0.29) is 33.8 Å². The van der Waals surface area contributed by atoms with Crippen LogP contribution in [0.1, 0.15) is 148 Å². The van der Waals surface area contributed by atoms with E-state index in [1.54, 1.807) is 11.1 Å². The van der Waals surface area contributed by atoms with Gasteiger partial charge in [0.15, 0.2) is 0 Å². The molecular formula is C59H65BN2S. The molecule has 3 heterocycles. The van der Waals surface area contributed by atoms with Crippen molar-refractivity contribution in [3.63, 3.8) is 0 Å². The average Bonchev–Trinajstić information content (AvgIpc) is 3.75. The second-order valence-electron chi connectivity index (χ2n) is 24.6. The van der Waals surface area contributed by atoms with Gasteiger partial charge in [-0.25, -0.2) is 0 Å². The van der Waals surface area contributed by atoms with Crippen molar-refractivity contribution in [2.75, 3.05) is 9.80 Å². The van der Waals surface area contributed by atoms with E-state index in [1.165, 1.54) is 134 Å². The topological polar surface area (TPSA) is 6.48 Å². The van der Waals surface area contributed by atoms with Crippen LogP contribution in [-0.4, -0.2) is 6.71 Å². The fourth-order valence-electron chi connectivity index (χ4n) is 15.1. The highest BCUT2D eigenvalue weighted by Gasteiger charge is 2.54. The molecule has 0 radical (unpaired) electrons. The highest BCUT2D eigenvalue weighted by Crippen LogP contribution is 2.63. The van der Waals surface area contributed by atoms with Gasteiger partial charge in [0.25, 0.3) is 6.71 Å². The van der Waals surface area contributed by atoms with E-state index < -0.39 is 0 Å². The van der Waals surface area contributed by atoms with E-state index in [2.05, 4.69) is 181 Å². The third-order valence-corrected chi connectivity index (χ3v) is 20.1. The van der Waals surface area contributed by atoms with Crippen LogP contribution in [0.2, 0.25) is 0 Å². The number of nitrogens with zero attached hydrogens (tertiary/aromatic N) is 2. The molecule has 1 aromatic heterocycles. The van der Waals surface area contributed by atoms with Crippen LogP contribution in [-0.2, 0) is 27.1 Å². The zero-order chi connectivity index (χ0) is 43.2. The number of anilines is 6. The van der Waals surface area contributed by atoms with Gasteiger partial charge in [0, 0.05) is 43.3 Å². The quantitative estimate of drug-likeness (QED) is 0.164. The van der Waals surface area contributed by atoms with Crippen LogP contribution in [0, 0.1) is 23.7 Å². The van der Waals surface area contributed by atoms with Crippen LogP contribution < -0.4 is 25.5 Å². The molecule has 5 aromatic carbocycles. The predicted molar refractivity (Wildman–Crippen MR) is 271 cm³/mol. The average molecular weight is 845 g/mol. The third kappa shape index (κ3) is 5.43. The van der Waals surface area contributed by atoms with Crippen LogP contribution in [0.5, 0.6) is 0 Å². The van der Waals surface area contributed by atoms with E-state index in [0.29, 0.717) is 0 Å². The molecule has 13 rings (SSSR count). The highest BCUT2D eigenvalue weighted by molar-refractivity contribution is 7.33. The fraction of sp³-hybridized carbons (Fsp3) is 0.458. The van der Waals surface area contributed by atoms with E-state index in [0.717, 1.165) is 23.7 Å². The van der Waals surface area contributed by atoms with Crippen LogP contribution in [0.25, 0.3) is 10.1 Å². The van der Waals surface area contributed by atoms with Crippen LogP contribution in [0.15, 0.2) is 97.1 Å². The summed E-state index contributed by atoms with van der Waals surface area (Å²) in [6.07, 6.45) is 12.0. The van der Waals surface area contributed by atoms with Gasteiger partial charge < -0.3 is 9.80 Å². The summed E-state index contributed by atoms with van der Waals surface area (Å²) in [6, 6.07) is 39.3. The molecule has 4 heteroatoms. The Kier molecular flexibility index (Phi) is 7.91. The number of benzene rings is 5. The lowest BCUT2D eigenvalue weighted by Crippen LogP contribution is -2.61. The molecule has 2 bridgehead atoms. The highest BCUT2D eigenvalue weighted by atomic mass is 32.1. The molecule has 0 saturated heterocycles. The molecule has 5 aliphatic carbocycles. The van der Waals surface area contributed by atoms with Gasteiger partial charge in [0.1, 0.15) is 0 Å². The second-order valence-corrected chi connectivity index (χ2v) is 25.7. The van der Waals surface area contributed by atoms with E-state index in [9.17, 15) is 0 Å². The summed E-state index contributed by atoms with van der Waals surface area (Å²) < 4.78 is 2.92. The number of rotatable bonds is 3. The molecule has 7 aliphatic rings. The fourth-order valence-corrected chi connectivity index (χ4v) is 16.4. The largest absolute Gasteiger partial charge is 0.311 e. The Morgan fingerprint density at radius 1 is 0.540 bits per heavy atom. The summed E-state index contributed by atoms with van der Waals surface area (Å²) >= 11 is 2.07. The number of para-hydroxylation sites is 1. The minimum atomic E-state index is 0.0966. The maximum absolute atomic E-state index is 2.72. The first-order chi connectivity index (χ1) is 30.0. The van der Waals surface area contributed by atoms with E-state index in [1.807, 2.05) is 0 Å². The lowest BCUT2D eigenvalue weighted by molar-refractivity contribution is 0.0700. The summed E-state index contributed by atoms with van der Waals surface area (Å²) in [5.41, 5.74) is 19.3. The van der Waals surface area contributed by atoms with Gasteiger partial charge in [0.05, 0.1) is 5.69 Å². The van der Waals surface area contributed by atoms with Gasteiger partial charge in [-0.05, 0) is 202 Å². The minimum absolute atomic E-state index is 0.0966. The Hall–Kier alpha value is -4.28. The summed E-state index contributed by atoms with van der Waals surface area (Å²) in [5, 5.41) is 1.44. The molecule has 2 nitrogen and oxygen atoms in total. The summed E-state index contributed by atoms with van der Waals surface area (Å²) in [7, 11) is 0. The van der Waals surface area contributed by atoms with Crippen molar-refractivity contribution in [2.45, 2.75) is 147 Å². The Morgan fingerprint density at radius 3 is 1.94 bits per heavy atom. The lowest BCUT2D eigenvalue weighted by Gasteiger charge is -2.47. The van der Waals surface area contributed by atoms with Crippen LogP contribution in [0.3, 0.4) is 0 Å². The van der Waals surface area contributed by atoms with Crippen molar-refractivity contribution in [1.82, 2.24) is 0 Å². The Labute approximate surface area is 381 Å². The maximum Gasteiger partial charge on any atom is 0.264 e. The SMILES string of the molecule is CC1(C)CCC(C)(C)c2cc(N3c4cc5c(cc4B4c6sc7ccc(C8(C)CC9CC%10CC(C8)[C@@H]%10C9)cc7c6N(c6ccccc6)c6cccc3c64)C(C)(C)CCC5(C)C)ccc21. The minimum Gasteiger partial charge on any atom is -0.311 e. The van der Waals surface area contributed by atoms with Crippen molar-refractivity contribution < 1.29 is 0 Å². The van der Waals surface area contributed by atoms with Crippen molar-refractivity contribution in [1.29, 1.82) is 0 Å². The Bertz CT molecular complexity index is 2910. The van der Waals surface area contributed by atoms with E-state index in [4.69, 9.17) is 0 Å². The monoisotopic (exact) mass is 844 g/mol.